The van der Waals surface area contributed by atoms with E-state index in [-0.39, 0.29) is 5.91 Å². The minimum Gasteiger partial charge on any atom is -0.372 e. The molecular formula is C11H16BrN5O. The van der Waals surface area contributed by atoms with Crippen molar-refractivity contribution in [1.82, 2.24) is 15.3 Å². The number of piperazine rings is 1. The summed E-state index contributed by atoms with van der Waals surface area (Å²) in [6.07, 6.45) is 1.49. The Kier molecular flexibility index (Phi) is 3.43. The van der Waals surface area contributed by atoms with E-state index < -0.39 is 5.54 Å². The predicted octanol–water partition coefficient (Wildman–Crippen LogP) is 0.996. The average molecular weight is 314 g/mol. The van der Waals surface area contributed by atoms with Gasteiger partial charge in [-0.25, -0.2) is 9.97 Å². The van der Waals surface area contributed by atoms with Crippen molar-refractivity contribution >= 4 is 33.5 Å². The van der Waals surface area contributed by atoms with E-state index in [1.807, 2.05) is 18.7 Å². The van der Waals surface area contributed by atoms with Crippen LogP contribution in [0.5, 0.6) is 0 Å². The lowest BCUT2D eigenvalue weighted by Gasteiger charge is -2.42. The van der Waals surface area contributed by atoms with E-state index in [4.69, 9.17) is 0 Å². The lowest BCUT2D eigenvalue weighted by molar-refractivity contribution is -0.126. The van der Waals surface area contributed by atoms with Crippen LogP contribution in [0.1, 0.15) is 13.8 Å². The fourth-order valence-corrected chi connectivity index (χ4v) is 2.61. The minimum atomic E-state index is -0.625. The first-order chi connectivity index (χ1) is 8.48. The number of aromatic nitrogens is 2. The molecule has 0 aliphatic carbocycles. The Bertz CT molecular complexity index is 477. The number of halogens is 1. The molecule has 6 nitrogen and oxygen atoms in total. The monoisotopic (exact) mass is 313 g/mol. The summed E-state index contributed by atoms with van der Waals surface area (Å²) in [4.78, 5) is 22.3. The second-order valence-electron chi connectivity index (χ2n) is 4.58. The van der Waals surface area contributed by atoms with Crippen LogP contribution in [0.3, 0.4) is 0 Å². The summed E-state index contributed by atoms with van der Waals surface area (Å²) in [5.74, 6) is 1.45. The highest BCUT2D eigenvalue weighted by Crippen LogP contribution is 2.33. The van der Waals surface area contributed by atoms with Gasteiger partial charge in [0.2, 0.25) is 5.91 Å². The lowest BCUT2D eigenvalue weighted by Crippen LogP contribution is -2.62. The molecule has 0 spiro atoms. The first-order valence-electron chi connectivity index (χ1n) is 5.72. The zero-order valence-corrected chi connectivity index (χ0v) is 12.2. The third kappa shape index (κ3) is 2.03. The van der Waals surface area contributed by atoms with Crippen LogP contribution in [0.2, 0.25) is 0 Å². The maximum atomic E-state index is 11.9. The Morgan fingerprint density at radius 3 is 2.89 bits per heavy atom. The van der Waals surface area contributed by atoms with E-state index in [9.17, 15) is 4.79 Å². The standard InChI is InChI=1S/C11H16BrN5O/c1-11(2)10(18)14-4-5-17(11)9-7(12)8(13-3)15-6-16-9/h6H,4-5H2,1-3H3,(H,14,18)(H,13,15,16). The van der Waals surface area contributed by atoms with Crippen molar-refractivity contribution in [2.75, 3.05) is 30.4 Å². The molecule has 0 unspecified atom stereocenters. The summed E-state index contributed by atoms with van der Waals surface area (Å²) >= 11 is 3.49. The highest BCUT2D eigenvalue weighted by molar-refractivity contribution is 9.10. The number of hydrogen-bond donors (Lipinski definition) is 2. The van der Waals surface area contributed by atoms with Gasteiger partial charge in [0.15, 0.2) is 0 Å². The second kappa shape index (κ2) is 4.72. The largest absolute Gasteiger partial charge is 0.372 e. The molecule has 2 heterocycles. The second-order valence-corrected chi connectivity index (χ2v) is 5.37. The maximum absolute atomic E-state index is 11.9. The average Bonchev–Trinajstić information content (AvgIpc) is 2.34. The molecule has 7 heteroatoms. The first kappa shape index (κ1) is 13.1. The molecule has 98 valence electrons. The molecule has 1 saturated heterocycles. The summed E-state index contributed by atoms with van der Waals surface area (Å²) < 4.78 is 0.773. The summed E-state index contributed by atoms with van der Waals surface area (Å²) in [5.41, 5.74) is -0.625. The van der Waals surface area contributed by atoms with Gasteiger partial charge in [-0.1, -0.05) is 0 Å². The van der Waals surface area contributed by atoms with Crippen LogP contribution in [0.25, 0.3) is 0 Å². The number of carbonyl (C=O) groups is 1. The van der Waals surface area contributed by atoms with Crippen molar-refractivity contribution in [3.05, 3.63) is 10.8 Å². The van der Waals surface area contributed by atoms with Gasteiger partial charge in [-0.2, -0.15) is 0 Å². The van der Waals surface area contributed by atoms with Gasteiger partial charge in [0, 0.05) is 20.1 Å². The Balaban J connectivity index is 2.45. The van der Waals surface area contributed by atoms with E-state index in [1.165, 1.54) is 6.33 Å². The molecule has 1 fully saturated rings. The van der Waals surface area contributed by atoms with Crippen LogP contribution < -0.4 is 15.5 Å². The van der Waals surface area contributed by atoms with E-state index in [2.05, 4.69) is 36.5 Å². The van der Waals surface area contributed by atoms with Crippen LogP contribution in [0, 0.1) is 0 Å². The number of carbonyl (C=O) groups excluding carboxylic acids is 1. The molecule has 2 N–H and O–H groups in total. The van der Waals surface area contributed by atoms with Gasteiger partial charge in [0.05, 0.1) is 0 Å². The molecule has 0 atom stereocenters. The SMILES string of the molecule is CNc1ncnc(N2CCNC(=O)C2(C)C)c1Br. The minimum absolute atomic E-state index is 0.00488. The summed E-state index contributed by atoms with van der Waals surface area (Å²) in [6.45, 7) is 5.11. The first-order valence-corrected chi connectivity index (χ1v) is 6.52. The normalized spacial score (nSPS) is 18.4. The smallest absolute Gasteiger partial charge is 0.245 e. The van der Waals surface area contributed by atoms with Crippen molar-refractivity contribution in [2.24, 2.45) is 0 Å². The van der Waals surface area contributed by atoms with E-state index >= 15 is 0 Å². The molecule has 1 aliphatic heterocycles. The Labute approximate surface area is 114 Å². The van der Waals surface area contributed by atoms with E-state index in [0.717, 1.165) is 16.8 Å². The van der Waals surface area contributed by atoms with Gasteiger partial charge >= 0.3 is 0 Å². The Morgan fingerprint density at radius 1 is 1.50 bits per heavy atom. The number of anilines is 2. The molecule has 0 radical (unpaired) electrons. The van der Waals surface area contributed by atoms with Crippen LogP contribution >= 0.6 is 15.9 Å². The maximum Gasteiger partial charge on any atom is 0.245 e. The fourth-order valence-electron chi connectivity index (χ4n) is 1.99. The van der Waals surface area contributed by atoms with Gasteiger partial charge in [-0.3, -0.25) is 4.79 Å². The fraction of sp³-hybridized carbons (Fsp3) is 0.545. The molecule has 2 rings (SSSR count). The van der Waals surface area contributed by atoms with E-state index in [0.29, 0.717) is 12.4 Å². The lowest BCUT2D eigenvalue weighted by atomic mass is 9.99. The Morgan fingerprint density at radius 2 is 2.22 bits per heavy atom. The number of amides is 1. The van der Waals surface area contributed by atoms with Crippen molar-refractivity contribution in [2.45, 2.75) is 19.4 Å². The molecule has 18 heavy (non-hydrogen) atoms. The van der Waals surface area contributed by atoms with Crippen LogP contribution in [0.15, 0.2) is 10.8 Å². The van der Waals surface area contributed by atoms with Crippen molar-refractivity contribution in [3.8, 4) is 0 Å². The van der Waals surface area contributed by atoms with Crippen molar-refractivity contribution in [1.29, 1.82) is 0 Å². The van der Waals surface area contributed by atoms with Gasteiger partial charge in [-0.15, -0.1) is 0 Å². The molecule has 1 aromatic heterocycles. The third-order valence-electron chi connectivity index (χ3n) is 3.11. The van der Waals surface area contributed by atoms with Crippen LogP contribution in [-0.4, -0.2) is 41.6 Å². The Hall–Kier alpha value is -1.37. The van der Waals surface area contributed by atoms with E-state index in [1.54, 1.807) is 7.05 Å². The number of hydrogen-bond acceptors (Lipinski definition) is 5. The highest BCUT2D eigenvalue weighted by Gasteiger charge is 2.39. The summed E-state index contributed by atoms with van der Waals surface area (Å²) in [6, 6.07) is 0. The van der Waals surface area contributed by atoms with Crippen LogP contribution in [0.4, 0.5) is 11.6 Å². The van der Waals surface area contributed by atoms with Gasteiger partial charge in [0.1, 0.15) is 28.0 Å². The zero-order valence-electron chi connectivity index (χ0n) is 10.6. The predicted molar refractivity (Wildman–Crippen MR) is 73.7 cm³/mol. The number of rotatable bonds is 2. The molecule has 1 amide bonds. The van der Waals surface area contributed by atoms with Crippen LogP contribution in [-0.2, 0) is 4.79 Å². The molecule has 0 bridgehead atoms. The zero-order chi connectivity index (χ0) is 13.3. The van der Waals surface area contributed by atoms with Gasteiger partial charge in [0.25, 0.3) is 0 Å². The topological polar surface area (TPSA) is 70.2 Å². The molecule has 0 saturated carbocycles. The number of nitrogens with one attached hydrogen (secondary N) is 2. The highest BCUT2D eigenvalue weighted by atomic mass is 79.9. The third-order valence-corrected chi connectivity index (χ3v) is 3.85. The molecule has 1 aliphatic rings. The van der Waals surface area contributed by atoms with Crippen molar-refractivity contribution < 1.29 is 4.79 Å². The summed E-state index contributed by atoms with van der Waals surface area (Å²) in [5, 5.41) is 5.85. The quantitative estimate of drug-likeness (QED) is 0.852. The van der Waals surface area contributed by atoms with Gasteiger partial charge < -0.3 is 15.5 Å². The van der Waals surface area contributed by atoms with Gasteiger partial charge in [-0.05, 0) is 29.8 Å². The molecule has 0 aromatic carbocycles. The molecular weight excluding hydrogens is 298 g/mol. The number of nitrogens with zero attached hydrogens (tertiary/aromatic N) is 3. The summed E-state index contributed by atoms with van der Waals surface area (Å²) in [7, 11) is 1.80. The molecule has 1 aromatic rings. The van der Waals surface area contributed by atoms with Crippen molar-refractivity contribution in [3.63, 3.8) is 0 Å².